The van der Waals surface area contributed by atoms with Gasteiger partial charge in [-0.1, -0.05) is 18.2 Å². The summed E-state index contributed by atoms with van der Waals surface area (Å²) in [4.78, 5) is 11.2. The van der Waals surface area contributed by atoms with E-state index in [0.717, 1.165) is 0 Å². The fourth-order valence-corrected chi connectivity index (χ4v) is 2.00. The third-order valence-electron chi connectivity index (χ3n) is 2.77. The predicted octanol–water partition coefficient (Wildman–Crippen LogP) is 1.88. The minimum atomic E-state index is -4.90. The Bertz CT molecular complexity index is 490. The number of rotatable bonds is 0. The maximum absolute atomic E-state index is 12.9. The summed E-state index contributed by atoms with van der Waals surface area (Å²) in [6.07, 6.45) is -5.93. The van der Waals surface area contributed by atoms with Gasteiger partial charge in [-0.25, -0.2) is 0 Å². The molecule has 1 aromatic carbocycles. The van der Waals surface area contributed by atoms with Crippen molar-refractivity contribution in [3.63, 3.8) is 0 Å². The first-order valence-electron chi connectivity index (χ1n) is 4.86. The molecule has 0 fully saturated rings. The summed E-state index contributed by atoms with van der Waals surface area (Å²) >= 11 is 0. The molecule has 1 radical (unpaired) electrons. The molecule has 95 valence electrons. The first kappa shape index (κ1) is 15.6. The van der Waals surface area contributed by atoms with Gasteiger partial charge >= 0.3 is 6.18 Å². The van der Waals surface area contributed by atoms with E-state index in [4.69, 9.17) is 0 Å². The van der Waals surface area contributed by atoms with Gasteiger partial charge in [0, 0.05) is 32.7 Å². The number of carbonyl (C=O) groups excluding carboxylic acids is 1. The van der Waals surface area contributed by atoms with E-state index in [9.17, 15) is 23.1 Å². The Kier molecular flexibility index (Phi) is 4.25. The standard InChI is InChI=1S/C11H9F3NO2.Y/c1-6-3-2-4-7-9(6)10(17,11(12,13)14)5-8(16)15-7;/h2,4,17H,5H2,1H3,(H,15,16);/q-1;. The molecule has 0 saturated carbocycles. The fraction of sp³-hybridized carbons (Fsp3) is 0.364. The quantitative estimate of drug-likeness (QED) is 0.713. The second-order valence-corrected chi connectivity index (χ2v) is 3.97. The molecule has 1 aliphatic heterocycles. The molecule has 1 amide bonds. The van der Waals surface area contributed by atoms with Crippen molar-refractivity contribution in [2.75, 3.05) is 5.32 Å². The third kappa shape index (κ3) is 2.33. The van der Waals surface area contributed by atoms with Crippen LogP contribution < -0.4 is 5.32 Å². The summed E-state index contributed by atoms with van der Waals surface area (Å²) < 4.78 is 38.7. The van der Waals surface area contributed by atoms with Crippen LogP contribution >= 0.6 is 0 Å². The number of aryl methyl sites for hydroxylation is 1. The first-order valence-corrected chi connectivity index (χ1v) is 4.86. The largest absolute Gasteiger partial charge is 0.411 e. The Morgan fingerprint density at radius 2 is 2.11 bits per heavy atom. The molecule has 0 aromatic heterocycles. The smallest absolute Gasteiger partial charge is 0.387 e. The number of fused-ring (bicyclic) bond motifs is 1. The van der Waals surface area contributed by atoms with Crippen molar-refractivity contribution in [2.45, 2.75) is 25.1 Å². The van der Waals surface area contributed by atoms with Gasteiger partial charge in [-0.3, -0.25) is 4.79 Å². The van der Waals surface area contributed by atoms with Crippen LogP contribution in [0, 0.1) is 13.0 Å². The van der Waals surface area contributed by atoms with Gasteiger partial charge in [-0.05, 0) is 0 Å². The van der Waals surface area contributed by atoms with Gasteiger partial charge in [0.1, 0.15) is 0 Å². The SMILES string of the molecule is Cc1[c-]ccc2c1C(O)(C(F)(F)F)CC(=O)N2.[Y]. The monoisotopic (exact) mass is 333 g/mol. The zero-order chi connectivity index (χ0) is 12.8. The van der Waals surface area contributed by atoms with E-state index in [2.05, 4.69) is 11.4 Å². The van der Waals surface area contributed by atoms with Gasteiger partial charge in [-0.15, -0.1) is 6.07 Å². The topological polar surface area (TPSA) is 49.3 Å². The summed E-state index contributed by atoms with van der Waals surface area (Å²) in [5.74, 6) is -0.858. The summed E-state index contributed by atoms with van der Waals surface area (Å²) in [5.41, 5.74) is -3.31. The predicted molar refractivity (Wildman–Crippen MR) is 53.2 cm³/mol. The second kappa shape index (κ2) is 4.91. The number of halogens is 3. The van der Waals surface area contributed by atoms with Crippen molar-refractivity contribution in [3.8, 4) is 0 Å². The van der Waals surface area contributed by atoms with E-state index in [1.165, 1.54) is 19.1 Å². The molecule has 0 spiro atoms. The number of carbonyl (C=O) groups is 1. The Morgan fingerprint density at radius 1 is 1.50 bits per heavy atom. The van der Waals surface area contributed by atoms with E-state index in [1.54, 1.807) is 0 Å². The van der Waals surface area contributed by atoms with Gasteiger partial charge in [0.25, 0.3) is 0 Å². The van der Waals surface area contributed by atoms with Gasteiger partial charge < -0.3 is 10.4 Å². The Balaban J connectivity index is 0.00000162. The molecular weight excluding hydrogens is 324 g/mol. The van der Waals surface area contributed by atoms with Crippen LogP contribution in [0.2, 0.25) is 0 Å². The normalized spacial score (nSPS) is 22.8. The number of anilines is 1. The Hall–Kier alpha value is -0.456. The number of hydrogen-bond acceptors (Lipinski definition) is 2. The van der Waals surface area contributed by atoms with Crippen LogP contribution in [0.3, 0.4) is 0 Å². The van der Waals surface area contributed by atoms with E-state index in [1.807, 2.05) is 0 Å². The molecule has 2 N–H and O–H groups in total. The van der Waals surface area contributed by atoms with Crippen LogP contribution in [-0.4, -0.2) is 17.2 Å². The summed E-state index contributed by atoms with van der Waals surface area (Å²) in [5, 5.41) is 12.1. The van der Waals surface area contributed by atoms with Crippen molar-refractivity contribution < 1.29 is 55.8 Å². The molecule has 1 unspecified atom stereocenters. The zero-order valence-electron chi connectivity index (χ0n) is 9.43. The Labute approximate surface area is 127 Å². The molecule has 7 heteroatoms. The second-order valence-electron chi connectivity index (χ2n) is 3.97. The van der Waals surface area contributed by atoms with Crippen molar-refractivity contribution in [1.29, 1.82) is 0 Å². The molecule has 0 aliphatic carbocycles. The first-order chi connectivity index (χ1) is 7.75. The van der Waals surface area contributed by atoms with Gasteiger partial charge in [0.05, 0.1) is 6.42 Å². The molecule has 1 heterocycles. The minimum absolute atomic E-state index is 0. The van der Waals surface area contributed by atoms with Crippen LogP contribution in [0.5, 0.6) is 0 Å². The molecule has 2 rings (SSSR count). The summed E-state index contributed by atoms with van der Waals surface area (Å²) in [6.45, 7) is 1.41. The molecule has 0 bridgehead atoms. The fourth-order valence-electron chi connectivity index (χ4n) is 2.00. The van der Waals surface area contributed by atoms with Crippen molar-refractivity contribution >= 4 is 11.6 Å². The molecule has 1 aromatic rings. The summed E-state index contributed by atoms with van der Waals surface area (Å²) in [7, 11) is 0. The summed E-state index contributed by atoms with van der Waals surface area (Å²) in [6, 6.07) is 5.28. The number of aliphatic hydroxyl groups is 1. The van der Waals surface area contributed by atoms with E-state index in [0.29, 0.717) is 0 Å². The van der Waals surface area contributed by atoms with E-state index >= 15 is 0 Å². The molecular formula is C11H9F3NO2Y-. The molecule has 1 aliphatic rings. The molecule has 0 saturated heterocycles. The minimum Gasteiger partial charge on any atom is -0.387 e. The van der Waals surface area contributed by atoms with Crippen molar-refractivity contribution in [2.24, 2.45) is 0 Å². The van der Waals surface area contributed by atoms with Gasteiger partial charge in [-0.2, -0.15) is 30.9 Å². The average Bonchev–Trinajstić information content (AvgIpc) is 2.14. The van der Waals surface area contributed by atoms with Gasteiger partial charge in [0.2, 0.25) is 5.91 Å². The Morgan fingerprint density at radius 3 is 2.67 bits per heavy atom. The number of hydrogen-bond donors (Lipinski definition) is 2. The maximum atomic E-state index is 12.9. The molecule has 18 heavy (non-hydrogen) atoms. The maximum Gasteiger partial charge on any atom is 0.411 e. The van der Waals surface area contributed by atoms with Crippen LogP contribution in [0.4, 0.5) is 18.9 Å². The van der Waals surface area contributed by atoms with Crippen LogP contribution in [-0.2, 0) is 43.1 Å². The van der Waals surface area contributed by atoms with Crippen LogP contribution in [0.15, 0.2) is 12.1 Å². The van der Waals surface area contributed by atoms with Gasteiger partial charge in [0.15, 0.2) is 5.60 Å². The van der Waals surface area contributed by atoms with Crippen LogP contribution in [0.1, 0.15) is 17.5 Å². The van der Waals surface area contributed by atoms with E-state index < -0.39 is 24.1 Å². The molecule has 3 nitrogen and oxygen atoms in total. The zero-order valence-corrected chi connectivity index (χ0v) is 12.3. The van der Waals surface area contributed by atoms with Crippen LogP contribution in [0.25, 0.3) is 0 Å². The number of benzene rings is 1. The number of amides is 1. The average molecular weight is 333 g/mol. The van der Waals surface area contributed by atoms with Crippen molar-refractivity contribution in [1.82, 2.24) is 0 Å². The van der Waals surface area contributed by atoms with E-state index in [-0.39, 0.29) is 49.5 Å². The number of alkyl halides is 3. The van der Waals surface area contributed by atoms with Crippen molar-refractivity contribution in [3.05, 3.63) is 29.3 Å². The third-order valence-corrected chi connectivity index (χ3v) is 2.77. The number of nitrogens with one attached hydrogen (secondary N) is 1. The molecule has 1 atom stereocenters.